The lowest BCUT2D eigenvalue weighted by Gasteiger charge is -2.20. The maximum Gasteiger partial charge on any atom is 0.573 e. The Labute approximate surface area is 189 Å². The summed E-state index contributed by atoms with van der Waals surface area (Å²) in [4.78, 5) is 18.9. The Balaban J connectivity index is 1.55. The van der Waals surface area contributed by atoms with Crippen LogP contribution < -0.4 is 14.4 Å². The van der Waals surface area contributed by atoms with Crippen molar-refractivity contribution in [2.24, 2.45) is 0 Å². The zero-order chi connectivity index (χ0) is 23.4. The average molecular weight is 476 g/mol. The number of fused-ring (bicyclic) bond motifs is 1. The van der Waals surface area contributed by atoms with Crippen LogP contribution in [0.2, 0.25) is 0 Å². The number of amides is 1. The third kappa shape index (κ3) is 5.98. The highest BCUT2D eigenvalue weighted by molar-refractivity contribution is 7.22. The molecule has 0 radical (unpaired) electrons. The zero-order valence-electron chi connectivity index (χ0n) is 16.9. The molecule has 170 valence electrons. The van der Waals surface area contributed by atoms with E-state index >= 15 is 0 Å². The molecule has 0 N–H and O–H groups in total. The molecule has 4 rings (SSSR count). The summed E-state index contributed by atoms with van der Waals surface area (Å²) in [5.74, 6) is -0.886. The third-order valence-corrected chi connectivity index (χ3v) is 5.55. The van der Waals surface area contributed by atoms with E-state index in [0.717, 1.165) is 4.70 Å². The first kappa shape index (κ1) is 22.5. The smallest absolute Gasteiger partial charge is 0.484 e. The van der Waals surface area contributed by atoms with Crippen LogP contribution in [0.5, 0.6) is 11.5 Å². The molecule has 0 saturated heterocycles. The van der Waals surface area contributed by atoms with Crippen LogP contribution in [0.15, 0.2) is 72.8 Å². The molecule has 5 nitrogen and oxygen atoms in total. The van der Waals surface area contributed by atoms with E-state index < -0.39 is 18.1 Å². The molecular weight excluding hydrogens is 460 g/mol. The van der Waals surface area contributed by atoms with Gasteiger partial charge in [0.2, 0.25) is 0 Å². The second-order valence-corrected chi connectivity index (χ2v) is 7.89. The Morgan fingerprint density at radius 2 is 1.61 bits per heavy atom. The number of ether oxygens (including phenoxy) is 2. The molecule has 0 saturated carbocycles. The van der Waals surface area contributed by atoms with Gasteiger partial charge in [0.05, 0.1) is 16.8 Å². The SMILES string of the molecule is O=C(COc1ccc(F)cc1)N(Cc1ccc(OC(F)(F)F)cc1)c1nc2ccccc2s1. The van der Waals surface area contributed by atoms with Crippen LogP contribution in [-0.2, 0) is 11.3 Å². The minimum atomic E-state index is -4.79. The molecule has 0 bridgehead atoms. The van der Waals surface area contributed by atoms with Crippen molar-refractivity contribution >= 4 is 32.6 Å². The van der Waals surface area contributed by atoms with Gasteiger partial charge in [0, 0.05) is 0 Å². The van der Waals surface area contributed by atoms with Crippen LogP contribution in [0.25, 0.3) is 10.2 Å². The highest BCUT2D eigenvalue weighted by Crippen LogP contribution is 2.30. The predicted octanol–water partition coefficient (Wildman–Crippen LogP) is 5.95. The van der Waals surface area contributed by atoms with Gasteiger partial charge in [0.1, 0.15) is 17.3 Å². The number of carbonyl (C=O) groups excluding carboxylic acids is 1. The van der Waals surface area contributed by atoms with Crippen molar-refractivity contribution in [3.8, 4) is 11.5 Å². The fraction of sp³-hybridized carbons (Fsp3) is 0.130. The van der Waals surface area contributed by atoms with E-state index in [2.05, 4.69) is 9.72 Å². The number of hydrogen-bond donors (Lipinski definition) is 0. The van der Waals surface area contributed by atoms with E-state index in [1.807, 2.05) is 24.3 Å². The molecule has 0 spiro atoms. The number of hydrogen-bond acceptors (Lipinski definition) is 5. The van der Waals surface area contributed by atoms with Gasteiger partial charge in [-0.05, 0) is 54.1 Å². The molecule has 10 heteroatoms. The zero-order valence-corrected chi connectivity index (χ0v) is 17.7. The molecule has 1 heterocycles. The quantitative estimate of drug-likeness (QED) is 0.310. The van der Waals surface area contributed by atoms with Gasteiger partial charge in [0.15, 0.2) is 11.7 Å². The fourth-order valence-electron chi connectivity index (χ4n) is 2.97. The van der Waals surface area contributed by atoms with Crippen LogP contribution in [-0.4, -0.2) is 23.9 Å². The van der Waals surface area contributed by atoms with Crippen LogP contribution in [0, 0.1) is 5.82 Å². The highest BCUT2D eigenvalue weighted by Gasteiger charge is 2.31. The predicted molar refractivity (Wildman–Crippen MR) is 116 cm³/mol. The number of carbonyl (C=O) groups is 1. The number of alkyl halides is 3. The van der Waals surface area contributed by atoms with E-state index in [1.165, 1.54) is 64.8 Å². The first-order valence-corrected chi connectivity index (χ1v) is 10.5. The molecule has 0 unspecified atom stereocenters. The number of aromatic nitrogens is 1. The van der Waals surface area contributed by atoms with Gasteiger partial charge in [0.25, 0.3) is 5.91 Å². The monoisotopic (exact) mass is 476 g/mol. The second kappa shape index (κ2) is 9.45. The van der Waals surface area contributed by atoms with Gasteiger partial charge in [-0.3, -0.25) is 9.69 Å². The second-order valence-electron chi connectivity index (χ2n) is 6.88. The minimum Gasteiger partial charge on any atom is -0.484 e. The highest BCUT2D eigenvalue weighted by atomic mass is 32.1. The maximum atomic E-state index is 13.1. The van der Waals surface area contributed by atoms with E-state index in [1.54, 1.807) is 0 Å². The molecule has 33 heavy (non-hydrogen) atoms. The van der Waals surface area contributed by atoms with Crippen molar-refractivity contribution in [3.63, 3.8) is 0 Å². The van der Waals surface area contributed by atoms with E-state index in [4.69, 9.17) is 4.74 Å². The fourth-order valence-corrected chi connectivity index (χ4v) is 3.95. The van der Waals surface area contributed by atoms with Crippen LogP contribution in [0.3, 0.4) is 0 Å². The maximum absolute atomic E-state index is 13.1. The van der Waals surface area contributed by atoms with Gasteiger partial charge in [-0.15, -0.1) is 13.2 Å². The van der Waals surface area contributed by atoms with Gasteiger partial charge >= 0.3 is 6.36 Å². The molecule has 0 atom stereocenters. The number of nitrogens with zero attached hydrogens (tertiary/aromatic N) is 2. The third-order valence-electron chi connectivity index (χ3n) is 4.49. The lowest BCUT2D eigenvalue weighted by molar-refractivity contribution is -0.274. The summed E-state index contributed by atoms with van der Waals surface area (Å²) in [5, 5.41) is 0.416. The van der Waals surface area contributed by atoms with Crippen molar-refractivity contribution < 1.29 is 31.8 Å². The first-order chi connectivity index (χ1) is 15.8. The van der Waals surface area contributed by atoms with Gasteiger partial charge in [-0.1, -0.05) is 35.6 Å². The molecule has 1 aromatic heterocycles. The Kier molecular flexibility index (Phi) is 6.45. The number of halogens is 4. The summed E-state index contributed by atoms with van der Waals surface area (Å²) in [6, 6.07) is 17.9. The molecule has 4 aromatic rings. The Hall–Kier alpha value is -3.66. The van der Waals surface area contributed by atoms with Crippen LogP contribution in [0.1, 0.15) is 5.56 Å². The number of thiazole rings is 1. The molecular formula is C23H16F4N2O3S. The number of benzene rings is 3. The number of para-hydroxylation sites is 1. The summed E-state index contributed by atoms with van der Waals surface area (Å²) in [6.07, 6.45) is -4.79. The van der Waals surface area contributed by atoms with E-state index in [9.17, 15) is 22.4 Å². The number of anilines is 1. The normalized spacial score (nSPS) is 11.4. The van der Waals surface area contributed by atoms with Gasteiger partial charge in [-0.2, -0.15) is 0 Å². The lowest BCUT2D eigenvalue weighted by Crippen LogP contribution is -2.34. The van der Waals surface area contributed by atoms with Crippen molar-refractivity contribution in [2.45, 2.75) is 12.9 Å². The topological polar surface area (TPSA) is 51.7 Å². The van der Waals surface area contributed by atoms with Gasteiger partial charge in [-0.25, -0.2) is 9.37 Å². The van der Waals surface area contributed by atoms with Gasteiger partial charge < -0.3 is 9.47 Å². The molecule has 0 aliphatic rings. The molecule has 0 aliphatic carbocycles. The summed E-state index contributed by atoms with van der Waals surface area (Å²) in [5.41, 5.74) is 1.28. The largest absolute Gasteiger partial charge is 0.573 e. The first-order valence-electron chi connectivity index (χ1n) is 9.66. The Morgan fingerprint density at radius 3 is 2.27 bits per heavy atom. The van der Waals surface area contributed by atoms with Crippen LogP contribution >= 0.6 is 11.3 Å². The Bertz CT molecular complexity index is 1210. The molecule has 3 aromatic carbocycles. The Morgan fingerprint density at radius 1 is 0.939 bits per heavy atom. The molecule has 0 fully saturated rings. The van der Waals surface area contributed by atoms with Crippen molar-refractivity contribution in [1.82, 2.24) is 4.98 Å². The van der Waals surface area contributed by atoms with E-state index in [0.29, 0.717) is 22.0 Å². The van der Waals surface area contributed by atoms with Crippen molar-refractivity contribution in [2.75, 3.05) is 11.5 Å². The standard InChI is InChI=1S/C23H16F4N2O3S/c24-16-7-11-17(12-8-16)31-14-21(30)29(22-28-19-3-1-2-4-20(19)33-22)13-15-5-9-18(10-6-15)32-23(25,26)27/h1-12H,13-14H2. The summed E-state index contributed by atoms with van der Waals surface area (Å²) in [6.45, 7) is -0.283. The van der Waals surface area contributed by atoms with Crippen molar-refractivity contribution in [3.05, 3.63) is 84.2 Å². The average Bonchev–Trinajstić information content (AvgIpc) is 3.21. The molecule has 0 aliphatic heterocycles. The minimum absolute atomic E-state index is 0.0533. The number of rotatable bonds is 7. The lowest BCUT2D eigenvalue weighted by atomic mass is 10.2. The summed E-state index contributed by atoms with van der Waals surface area (Å²) in [7, 11) is 0. The van der Waals surface area contributed by atoms with Crippen LogP contribution in [0.4, 0.5) is 22.7 Å². The summed E-state index contributed by atoms with van der Waals surface area (Å²) < 4.78 is 60.6. The molecule has 1 amide bonds. The summed E-state index contributed by atoms with van der Waals surface area (Å²) >= 11 is 1.30. The van der Waals surface area contributed by atoms with Crippen molar-refractivity contribution in [1.29, 1.82) is 0 Å². The van der Waals surface area contributed by atoms with E-state index in [-0.39, 0.29) is 18.9 Å².